The first kappa shape index (κ1) is 46.1. The molecule has 1 aliphatic carbocycles. The molecule has 320 valence electrons. The first-order valence-corrected chi connectivity index (χ1v) is 20.9. The van der Waals surface area contributed by atoms with Crippen LogP contribution in [0.15, 0.2) is 59.5 Å². The zero-order valence-electron chi connectivity index (χ0n) is 34.7. The standard InChI is InChI=1S/C41H58F2N6O8S/c1-24(2)30(23-48(8)58(55,56)27-13-11-10-12-14-27)46-39(54)47-34(40(3,4)5)37(52)49-22-28-32(41(28,6)7)33(49)36(51)45-29(21-31(42)43)35(50)44-20-19-25-15-17-26(18-16-25)38(53)57-9/h10-18,24,28-34H,19-23H2,1-9H3,(H,44,50)(H,45,51)(H2,46,47,54)/t28-,29-,30+,32-,33-,34+/m0/s1. The Morgan fingerprint density at radius 2 is 1.59 bits per heavy atom. The largest absolute Gasteiger partial charge is 0.465 e. The molecule has 58 heavy (non-hydrogen) atoms. The van der Waals surface area contributed by atoms with Crippen LogP contribution >= 0.6 is 0 Å². The number of carbonyl (C=O) groups excluding carboxylic acids is 5. The molecule has 6 atom stereocenters. The van der Waals surface area contributed by atoms with E-state index in [2.05, 4.69) is 21.3 Å². The summed E-state index contributed by atoms with van der Waals surface area (Å²) in [6.45, 7) is 13.0. The van der Waals surface area contributed by atoms with Crippen LogP contribution in [0.25, 0.3) is 0 Å². The fourth-order valence-corrected chi connectivity index (χ4v) is 8.80. The summed E-state index contributed by atoms with van der Waals surface area (Å²) in [5, 5.41) is 10.7. The van der Waals surface area contributed by atoms with Gasteiger partial charge in [0.05, 0.1) is 17.6 Å². The van der Waals surface area contributed by atoms with Gasteiger partial charge < -0.3 is 30.9 Å². The Balaban J connectivity index is 1.46. The molecule has 1 aliphatic heterocycles. The van der Waals surface area contributed by atoms with Crippen molar-refractivity contribution in [1.82, 2.24) is 30.5 Å². The third kappa shape index (κ3) is 10.9. The van der Waals surface area contributed by atoms with Crippen molar-refractivity contribution in [2.45, 2.75) is 96.8 Å². The zero-order chi connectivity index (χ0) is 43.3. The lowest BCUT2D eigenvalue weighted by Crippen LogP contribution is -2.62. The topological polar surface area (TPSA) is 183 Å². The molecule has 2 aromatic carbocycles. The molecule has 14 nitrogen and oxygen atoms in total. The van der Waals surface area contributed by atoms with Gasteiger partial charge in [0, 0.05) is 39.1 Å². The lowest BCUT2D eigenvalue weighted by molar-refractivity contribution is -0.144. The summed E-state index contributed by atoms with van der Waals surface area (Å²) in [5.74, 6) is -3.21. The number of alkyl halides is 2. The summed E-state index contributed by atoms with van der Waals surface area (Å²) >= 11 is 0. The SMILES string of the molecule is COC(=O)c1ccc(CCNC(=O)[C@H](CC(F)F)NC(=O)[C@@H]2[C@@H]3[C@H](CN2C(=O)[C@@H](NC(=O)N[C@H](CN(C)S(=O)(=O)c2ccccc2)C(C)C)C(C)(C)C)C3(C)C)cc1. The van der Waals surface area contributed by atoms with Crippen molar-refractivity contribution in [2.75, 3.05) is 33.8 Å². The van der Waals surface area contributed by atoms with Crippen LogP contribution in [0.2, 0.25) is 0 Å². The highest BCUT2D eigenvalue weighted by molar-refractivity contribution is 7.89. The zero-order valence-corrected chi connectivity index (χ0v) is 35.5. The molecule has 0 aromatic heterocycles. The van der Waals surface area contributed by atoms with Crippen LogP contribution in [0.5, 0.6) is 0 Å². The molecule has 2 aromatic rings. The molecule has 1 heterocycles. The van der Waals surface area contributed by atoms with E-state index in [1.807, 2.05) is 27.7 Å². The number of hydrogen-bond donors (Lipinski definition) is 4. The van der Waals surface area contributed by atoms with Crippen molar-refractivity contribution in [1.29, 1.82) is 0 Å². The molecular formula is C41H58F2N6O8S. The summed E-state index contributed by atoms with van der Waals surface area (Å²) in [6, 6.07) is 9.22. The Bertz CT molecular complexity index is 1910. The number of esters is 1. The van der Waals surface area contributed by atoms with Gasteiger partial charge in [-0.25, -0.2) is 26.8 Å². The Morgan fingerprint density at radius 1 is 0.966 bits per heavy atom. The fraction of sp³-hybridized carbons (Fsp3) is 0.585. The number of fused-ring (bicyclic) bond motifs is 1. The Kier molecular flexibility index (Phi) is 14.7. The Labute approximate surface area is 340 Å². The van der Waals surface area contributed by atoms with E-state index in [4.69, 9.17) is 4.74 Å². The average Bonchev–Trinajstić information content (AvgIpc) is 3.45. The van der Waals surface area contributed by atoms with E-state index in [0.717, 1.165) is 9.87 Å². The van der Waals surface area contributed by atoms with Crippen LogP contribution in [-0.2, 0) is 35.6 Å². The van der Waals surface area contributed by atoms with E-state index in [9.17, 15) is 41.2 Å². The molecule has 4 N–H and O–H groups in total. The summed E-state index contributed by atoms with van der Waals surface area (Å²) < 4.78 is 59.9. The van der Waals surface area contributed by atoms with Crippen LogP contribution in [0.1, 0.15) is 70.8 Å². The van der Waals surface area contributed by atoms with Crippen molar-refractivity contribution in [3.8, 4) is 0 Å². The van der Waals surface area contributed by atoms with Crippen LogP contribution in [-0.4, -0.2) is 112 Å². The van der Waals surface area contributed by atoms with Gasteiger partial charge in [-0.3, -0.25) is 14.4 Å². The van der Waals surface area contributed by atoms with Crippen molar-refractivity contribution in [3.05, 3.63) is 65.7 Å². The van der Waals surface area contributed by atoms with Crippen molar-refractivity contribution in [3.63, 3.8) is 0 Å². The van der Waals surface area contributed by atoms with E-state index in [1.54, 1.807) is 63.2 Å². The van der Waals surface area contributed by atoms with Gasteiger partial charge in [0.15, 0.2) is 0 Å². The number of carbonyl (C=O) groups is 5. The molecule has 0 bridgehead atoms. The van der Waals surface area contributed by atoms with E-state index in [1.165, 1.54) is 31.2 Å². The lowest BCUT2D eigenvalue weighted by atomic mass is 9.85. The summed E-state index contributed by atoms with van der Waals surface area (Å²) in [5.41, 5.74) is -0.0958. The van der Waals surface area contributed by atoms with Crippen LogP contribution in [0.3, 0.4) is 0 Å². The lowest BCUT2D eigenvalue weighted by Gasteiger charge is -2.38. The van der Waals surface area contributed by atoms with Crippen molar-refractivity contribution in [2.24, 2.45) is 28.6 Å². The second kappa shape index (κ2) is 18.5. The van der Waals surface area contributed by atoms with E-state index in [0.29, 0.717) is 12.0 Å². The fourth-order valence-electron chi connectivity index (χ4n) is 7.58. The molecule has 4 rings (SSSR count). The quantitative estimate of drug-likeness (QED) is 0.174. The van der Waals surface area contributed by atoms with Gasteiger partial charge >= 0.3 is 12.0 Å². The minimum absolute atomic E-state index is 0.0548. The second-order valence-corrected chi connectivity index (χ2v) is 19.2. The van der Waals surface area contributed by atoms with E-state index in [-0.39, 0.29) is 47.7 Å². The third-order valence-corrected chi connectivity index (χ3v) is 13.1. The minimum atomic E-state index is -3.86. The van der Waals surface area contributed by atoms with E-state index >= 15 is 0 Å². The number of likely N-dealkylation sites (tertiary alicyclic amines) is 1. The van der Waals surface area contributed by atoms with Crippen LogP contribution < -0.4 is 21.3 Å². The number of piperidine rings is 1. The molecule has 0 radical (unpaired) electrons. The van der Waals surface area contributed by atoms with Gasteiger partial charge in [0.25, 0.3) is 0 Å². The monoisotopic (exact) mass is 832 g/mol. The van der Waals surface area contributed by atoms with Gasteiger partial charge in [-0.2, -0.15) is 4.31 Å². The van der Waals surface area contributed by atoms with Crippen LogP contribution in [0, 0.1) is 28.6 Å². The normalized spacial score (nSPS) is 20.2. The maximum Gasteiger partial charge on any atom is 0.337 e. The molecule has 5 amide bonds. The highest BCUT2D eigenvalue weighted by Gasteiger charge is 2.70. The minimum Gasteiger partial charge on any atom is -0.465 e. The number of nitrogens with one attached hydrogen (secondary N) is 4. The molecular weight excluding hydrogens is 775 g/mol. The van der Waals surface area contributed by atoms with Crippen molar-refractivity contribution < 1.29 is 45.9 Å². The second-order valence-electron chi connectivity index (χ2n) is 17.2. The number of benzene rings is 2. The highest BCUT2D eigenvalue weighted by Crippen LogP contribution is 2.65. The molecule has 0 spiro atoms. The highest BCUT2D eigenvalue weighted by atomic mass is 32.2. The smallest absolute Gasteiger partial charge is 0.337 e. The van der Waals surface area contributed by atoms with Gasteiger partial charge in [0.1, 0.15) is 18.1 Å². The first-order valence-electron chi connectivity index (χ1n) is 19.4. The number of ether oxygens (including phenoxy) is 1. The van der Waals surface area contributed by atoms with E-state index < -0.39 is 82.2 Å². The molecule has 17 heteroatoms. The number of sulfonamides is 1. The molecule has 0 unspecified atom stereocenters. The predicted octanol–water partition coefficient (Wildman–Crippen LogP) is 3.81. The van der Waals surface area contributed by atoms with Crippen molar-refractivity contribution >= 4 is 39.7 Å². The first-order chi connectivity index (χ1) is 27.0. The molecule has 2 fully saturated rings. The molecule has 1 saturated carbocycles. The predicted molar refractivity (Wildman–Crippen MR) is 213 cm³/mol. The summed E-state index contributed by atoms with van der Waals surface area (Å²) in [4.78, 5) is 68.6. The maximum absolute atomic E-state index is 14.4. The summed E-state index contributed by atoms with van der Waals surface area (Å²) in [6.07, 6.45) is -3.55. The number of urea groups is 1. The Morgan fingerprint density at radius 3 is 2.14 bits per heavy atom. The molecule has 2 aliphatic rings. The van der Waals surface area contributed by atoms with Gasteiger partial charge in [0.2, 0.25) is 34.2 Å². The Hall–Kier alpha value is -4.64. The number of nitrogens with zero attached hydrogens (tertiary/aromatic N) is 2. The number of amides is 5. The summed E-state index contributed by atoms with van der Waals surface area (Å²) in [7, 11) is -1.16. The number of methoxy groups -OCH3 is 1. The molecule has 1 saturated heterocycles. The average molecular weight is 833 g/mol. The maximum atomic E-state index is 14.4. The third-order valence-electron chi connectivity index (χ3n) is 11.3. The number of halogens is 2. The van der Waals surface area contributed by atoms with Crippen LogP contribution in [0.4, 0.5) is 13.6 Å². The number of hydrogen-bond acceptors (Lipinski definition) is 8. The van der Waals surface area contributed by atoms with Gasteiger partial charge in [-0.05, 0) is 64.8 Å². The van der Waals surface area contributed by atoms with Gasteiger partial charge in [-0.1, -0.05) is 78.8 Å². The van der Waals surface area contributed by atoms with Gasteiger partial charge in [-0.15, -0.1) is 0 Å². The number of rotatable bonds is 17. The number of likely N-dealkylation sites (N-methyl/N-ethyl adjacent to an activating group) is 1.